The van der Waals surface area contributed by atoms with Crippen molar-refractivity contribution < 1.29 is 14.2 Å². The molecule has 2 heterocycles. The van der Waals surface area contributed by atoms with Gasteiger partial charge >= 0.3 is 0 Å². The van der Waals surface area contributed by atoms with Gasteiger partial charge in [-0.15, -0.1) is 0 Å². The summed E-state index contributed by atoms with van der Waals surface area (Å²) in [6, 6.07) is 5.84. The van der Waals surface area contributed by atoms with Gasteiger partial charge in [-0.1, -0.05) is 11.6 Å². The average Bonchev–Trinajstić information content (AvgIpc) is 3.01. The molecule has 22 heavy (non-hydrogen) atoms. The number of hydrogen-bond donors (Lipinski definition) is 0. The Morgan fingerprint density at radius 3 is 2.68 bits per heavy atom. The molecule has 1 aromatic heterocycles. The van der Waals surface area contributed by atoms with Crippen molar-refractivity contribution in [2.75, 3.05) is 13.2 Å². The molecule has 5 heteroatoms. The molecule has 0 radical (unpaired) electrons. The fraction of sp³-hybridized carbons (Fsp3) is 0.471. The summed E-state index contributed by atoms with van der Waals surface area (Å²) in [7, 11) is 0. The summed E-state index contributed by atoms with van der Waals surface area (Å²) in [5, 5.41) is 2.66. The fourth-order valence-electron chi connectivity index (χ4n) is 3.32. The average molecular weight is 320 g/mol. The molecular weight excluding hydrogens is 302 g/mol. The number of aromatic nitrogens is 1. The third-order valence-electron chi connectivity index (χ3n) is 4.52. The first kappa shape index (κ1) is 14.2. The highest BCUT2D eigenvalue weighted by atomic mass is 35.5. The molecule has 1 spiro atoms. The van der Waals surface area contributed by atoms with Gasteiger partial charge in [0.15, 0.2) is 5.79 Å². The van der Waals surface area contributed by atoms with Crippen molar-refractivity contribution in [2.45, 2.75) is 37.6 Å². The molecule has 2 aliphatic rings. The van der Waals surface area contributed by atoms with Gasteiger partial charge in [0, 0.05) is 36.0 Å². The van der Waals surface area contributed by atoms with E-state index in [-0.39, 0.29) is 11.9 Å². The molecule has 0 N–H and O–H groups in total. The van der Waals surface area contributed by atoms with Gasteiger partial charge in [0.25, 0.3) is 0 Å². The van der Waals surface area contributed by atoms with E-state index >= 15 is 0 Å². The van der Waals surface area contributed by atoms with Crippen molar-refractivity contribution in [1.82, 2.24) is 4.98 Å². The molecule has 0 bridgehead atoms. The molecule has 2 fully saturated rings. The van der Waals surface area contributed by atoms with Gasteiger partial charge in [-0.25, -0.2) is 0 Å². The molecule has 0 atom stereocenters. The molecule has 1 aliphatic carbocycles. The van der Waals surface area contributed by atoms with E-state index in [9.17, 15) is 0 Å². The normalized spacial score (nSPS) is 21.5. The summed E-state index contributed by atoms with van der Waals surface area (Å²) in [6.07, 6.45) is 7.33. The van der Waals surface area contributed by atoms with Crippen LogP contribution in [0.1, 0.15) is 25.7 Å². The maximum Gasteiger partial charge on any atom is 0.168 e. The van der Waals surface area contributed by atoms with Crippen LogP contribution in [0, 0.1) is 0 Å². The quantitative estimate of drug-likeness (QED) is 0.840. The number of fused-ring (bicyclic) bond motifs is 1. The van der Waals surface area contributed by atoms with Gasteiger partial charge in [0.2, 0.25) is 0 Å². The van der Waals surface area contributed by atoms with Gasteiger partial charge in [-0.2, -0.15) is 0 Å². The fourth-order valence-corrected chi connectivity index (χ4v) is 3.60. The monoisotopic (exact) mass is 319 g/mol. The minimum Gasteiger partial charge on any atom is -0.489 e. The Hall–Kier alpha value is -1.36. The zero-order chi connectivity index (χ0) is 15.0. The van der Waals surface area contributed by atoms with E-state index in [1.165, 1.54) is 0 Å². The van der Waals surface area contributed by atoms with Gasteiger partial charge in [-0.05, 0) is 31.0 Å². The number of halogens is 1. The van der Waals surface area contributed by atoms with Gasteiger partial charge in [0.05, 0.1) is 24.3 Å². The second kappa shape index (κ2) is 5.69. The molecule has 1 saturated carbocycles. The predicted octanol–water partition coefficient (Wildman–Crippen LogP) is 3.95. The Morgan fingerprint density at radius 2 is 1.91 bits per heavy atom. The number of rotatable bonds is 2. The standard InChI is InChI=1S/C17H18ClNO3/c18-16-14-5-8-19-11-12(14)1-2-15(16)22-13-3-6-17(7-4-13)20-9-10-21-17/h1-2,5,8,11,13H,3-4,6-7,9-10H2. The predicted molar refractivity (Wildman–Crippen MR) is 84.3 cm³/mol. The lowest BCUT2D eigenvalue weighted by Crippen LogP contribution is -2.38. The van der Waals surface area contributed by atoms with Gasteiger partial charge in [-0.3, -0.25) is 4.98 Å². The maximum atomic E-state index is 6.48. The Bertz CT molecular complexity index is 675. The molecule has 2 aromatic rings. The zero-order valence-corrected chi connectivity index (χ0v) is 13.0. The lowest BCUT2D eigenvalue weighted by atomic mass is 9.92. The Labute approximate surface area is 134 Å². The molecule has 1 aliphatic heterocycles. The first-order chi connectivity index (χ1) is 10.8. The molecule has 4 rings (SSSR count). The minimum atomic E-state index is -0.349. The highest BCUT2D eigenvalue weighted by Gasteiger charge is 2.40. The lowest BCUT2D eigenvalue weighted by molar-refractivity contribution is -0.186. The van der Waals surface area contributed by atoms with Crippen LogP contribution in [0.2, 0.25) is 5.02 Å². The van der Waals surface area contributed by atoms with E-state index in [1.807, 2.05) is 24.4 Å². The Morgan fingerprint density at radius 1 is 1.14 bits per heavy atom. The first-order valence-corrected chi connectivity index (χ1v) is 8.10. The van der Waals surface area contributed by atoms with Crippen LogP contribution < -0.4 is 4.74 Å². The van der Waals surface area contributed by atoms with E-state index < -0.39 is 0 Å². The molecule has 4 nitrogen and oxygen atoms in total. The lowest BCUT2D eigenvalue weighted by Gasteiger charge is -2.35. The van der Waals surface area contributed by atoms with Crippen LogP contribution >= 0.6 is 11.6 Å². The summed E-state index contributed by atoms with van der Waals surface area (Å²) < 4.78 is 17.6. The third-order valence-corrected chi connectivity index (χ3v) is 4.91. The molecule has 1 saturated heterocycles. The number of nitrogens with zero attached hydrogens (tertiary/aromatic N) is 1. The zero-order valence-electron chi connectivity index (χ0n) is 12.3. The largest absolute Gasteiger partial charge is 0.489 e. The van der Waals surface area contributed by atoms with Crippen molar-refractivity contribution in [3.63, 3.8) is 0 Å². The van der Waals surface area contributed by atoms with Crippen LogP contribution in [0.25, 0.3) is 10.8 Å². The van der Waals surface area contributed by atoms with Crippen molar-refractivity contribution >= 4 is 22.4 Å². The molecule has 0 unspecified atom stereocenters. The Balaban J connectivity index is 1.49. The second-order valence-electron chi connectivity index (χ2n) is 5.90. The highest BCUT2D eigenvalue weighted by Crippen LogP contribution is 2.39. The summed E-state index contributed by atoms with van der Waals surface area (Å²) in [5.41, 5.74) is 0. The molecule has 116 valence electrons. The van der Waals surface area contributed by atoms with Crippen LogP contribution in [0.15, 0.2) is 30.6 Å². The second-order valence-corrected chi connectivity index (χ2v) is 6.28. The Kier molecular flexibility index (Phi) is 3.68. The topological polar surface area (TPSA) is 40.6 Å². The van der Waals surface area contributed by atoms with Crippen molar-refractivity contribution in [1.29, 1.82) is 0 Å². The maximum absolute atomic E-state index is 6.48. The summed E-state index contributed by atoms with van der Waals surface area (Å²) >= 11 is 6.48. The van der Waals surface area contributed by atoms with Crippen LogP contribution in [0.3, 0.4) is 0 Å². The highest BCUT2D eigenvalue weighted by molar-refractivity contribution is 6.37. The number of benzene rings is 1. The summed E-state index contributed by atoms with van der Waals surface area (Å²) in [4.78, 5) is 4.11. The minimum absolute atomic E-state index is 0.162. The van der Waals surface area contributed by atoms with Crippen LogP contribution in [-0.2, 0) is 9.47 Å². The van der Waals surface area contributed by atoms with Crippen LogP contribution in [-0.4, -0.2) is 30.1 Å². The number of pyridine rings is 1. The molecular formula is C17H18ClNO3. The summed E-state index contributed by atoms with van der Waals surface area (Å²) in [6.45, 7) is 1.41. The molecule has 1 aromatic carbocycles. The van der Waals surface area contributed by atoms with Crippen molar-refractivity contribution in [3.8, 4) is 5.75 Å². The van der Waals surface area contributed by atoms with E-state index in [2.05, 4.69) is 4.98 Å². The smallest absolute Gasteiger partial charge is 0.168 e. The molecule has 0 amide bonds. The van der Waals surface area contributed by atoms with Crippen molar-refractivity contribution in [3.05, 3.63) is 35.6 Å². The first-order valence-electron chi connectivity index (χ1n) is 7.73. The van der Waals surface area contributed by atoms with Gasteiger partial charge in [0.1, 0.15) is 5.75 Å². The van der Waals surface area contributed by atoms with Gasteiger partial charge < -0.3 is 14.2 Å². The van der Waals surface area contributed by atoms with Crippen LogP contribution in [0.5, 0.6) is 5.75 Å². The summed E-state index contributed by atoms with van der Waals surface area (Å²) in [5.74, 6) is 0.396. The number of ether oxygens (including phenoxy) is 3. The van der Waals surface area contributed by atoms with E-state index in [0.717, 1.165) is 42.2 Å². The van der Waals surface area contributed by atoms with Crippen molar-refractivity contribution in [2.24, 2.45) is 0 Å². The SMILES string of the molecule is Clc1c(OC2CCC3(CC2)OCCO3)ccc2cnccc12. The van der Waals surface area contributed by atoms with E-state index in [4.69, 9.17) is 25.8 Å². The number of hydrogen-bond acceptors (Lipinski definition) is 4. The van der Waals surface area contributed by atoms with E-state index in [0.29, 0.717) is 18.2 Å². The van der Waals surface area contributed by atoms with Crippen LogP contribution in [0.4, 0.5) is 0 Å². The van der Waals surface area contributed by atoms with E-state index in [1.54, 1.807) is 6.20 Å². The third kappa shape index (κ3) is 2.56.